The SMILES string of the molecule is CCCCOc1cc(C(=O)Nc2ccc(OC(=O)c3cc(OCCCC)c(OCCCC)c(OCCCC)c3)cc2)cc(OCCCC)c1OCCCC. The standard InChI is InChI=1S/C44H63NO9/c1-7-13-23-48-37-29-33(30-38(49-24-14-8-2)41(37)52-27-17-11-5)43(46)45-35-19-21-36(22-20-35)54-44(47)34-31-39(50-25-15-9-3)42(53-28-18-12-6)40(32-34)51-26-16-10-4/h19-22,29-32H,7-18,23-28H2,1-6H3,(H,45,46). The van der Waals surface area contributed by atoms with Gasteiger partial charge in [-0.1, -0.05) is 80.1 Å². The third-order valence-electron chi connectivity index (χ3n) is 8.37. The van der Waals surface area contributed by atoms with Crippen molar-refractivity contribution in [3.8, 4) is 40.2 Å². The average molecular weight is 750 g/mol. The summed E-state index contributed by atoms with van der Waals surface area (Å²) in [5.74, 6) is 2.32. The molecule has 54 heavy (non-hydrogen) atoms. The van der Waals surface area contributed by atoms with Crippen LogP contribution in [0, 0.1) is 0 Å². The minimum atomic E-state index is -0.569. The zero-order valence-electron chi connectivity index (χ0n) is 33.5. The zero-order chi connectivity index (χ0) is 39.0. The Morgan fingerprint density at radius 1 is 0.463 bits per heavy atom. The van der Waals surface area contributed by atoms with Crippen LogP contribution in [0.2, 0.25) is 0 Å². The number of unbranched alkanes of at least 4 members (excludes halogenated alkanes) is 6. The molecule has 3 rings (SSSR count). The number of rotatable bonds is 28. The number of nitrogens with one attached hydrogen (secondary N) is 1. The summed E-state index contributed by atoms with van der Waals surface area (Å²) in [6.07, 6.45) is 11.1. The summed E-state index contributed by atoms with van der Waals surface area (Å²) in [6.45, 7) is 15.6. The van der Waals surface area contributed by atoms with Gasteiger partial charge in [-0.15, -0.1) is 0 Å². The molecule has 0 bridgehead atoms. The first-order chi connectivity index (χ1) is 26.4. The van der Waals surface area contributed by atoms with E-state index in [1.54, 1.807) is 48.5 Å². The van der Waals surface area contributed by atoms with E-state index in [2.05, 4.69) is 46.9 Å². The van der Waals surface area contributed by atoms with Crippen LogP contribution in [0.15, 0.2) is 48.5 Å². The highest BCUT2D eigenvalue weighted by Crippen LogP contribution is 2.41. The lowest BCUT2D eigenvalue weighted by Crippen LogP contribution is -2.14. The summed E-state index contributed by atoms with van der Waals surface area (Å²) < 4.78 is 42.5. The van der Waals surface area contributed by atoms with Gasteiger partial charge in [-0.25, -0.2) is 4.79 Å². The Kier molecular flexibility index (Phi) is 20.6. The van der Waals surface area contributed by atoms with Crippen LogP contribution in [0.5, 0.6) is 40.2 Å². The van der Waals surface area contributed by atoms with E-state index in [0.717, 1.165) is 77.0 Å². The summed E-state index contributed by atoms with van der Waals surface area (Å²) in [6, 6.07) is 13.4. The molecule has 1 N–H and O–H groups in total. The maximum absolute atomic E-state index is 13.6. The maximum Gasteiger partial charge on any atom is 0.343 e. The fourth-order valence-corrected chi connectivity index (χ4v) is 5.03. The first-order valence-corrected chi connectivity index (χ1v) is 20.1. The Labute approximate surface area is 323 Å². The van der Waals surface area contributed by atoms with E-state index in [1.807, 2.05) is 0 Å². The summed E-state index contributed by atoms with van der Waals surface area (Å²) in [5.41, 5.74) is 1.18. The van der Waals surface area contributed by atoms with Crippen molar-refractivity contribution < 1.29 is 42.7 Å². The third kappa shape index (κ3) is 14.7. The summed E-state index contributed by atoms with van der Waals surface area (Å²) in [7, 11) is 0. The number of ether oxygens (including phenoxy) is 7. The number of esters is 1. The van der Waals surface area contributed by atoms with Crippen molar-refractivity contribution in [3.05, 3.63) is 59.7 Å². The molecule has 0 aliphatic rings. The average Bonchev–Trinajstić information content (AvgIpc) is 3.17. The van der Waals surface area contributed by atoms with Gasteiger partial charge < -0.3 is 38.5 Å². The lowest BCUT2D eigenvalue weighted by atomic mass is 10.1. The van der Waals surface area contributed by atoms with Gasteiger partial charge in [0.2, 0.25) is 11.5 Å². The predicted molar refractivity (Wildman–Crippen MR) is 215 cm³/mol. The Morgan fingerprint density at radius 2 is 0.796 bits per heavy atom. The van der Waals surface area contributed by atoms with Crippen molar-refractivity contribution in [2.45, 2.75) is 119 Å². The van der Waals surface area contributed by atoms with Crippen LogP contribution in [-0.2, 0) is 0 Å². The smallest absolute Gasteiger partial charge is 0.343 e. The molecule has 0 fully saturated rings. The van der Waals surface area contributed by atoms with Gasteiger partial charge in [-0.05, 0) is 87.1 Å². The lowest BCUT2D eigenvalue weighted by Gasteiger charge is -2.19. The van der Waals surface area contributed by atoms with Crippen molar-refractivity contribution in [2.24, 2.45) is 0 Å². The molecule has 1 amide bonds. The number of hydrogen-bond acceptors (Lipinski definition) is 9. The topological polar surface area (TPSA) is 111 Å². The number of anilines is 1. The number of carbonyl (C=O) groups is 2. The Bertz CT molecular complexity index is 1360. The highest BCUT2D eigenvalue weighted by molar-refractivity contribution is 6.05. The van der Waals surface area contributed by atoms with Crippen molar-refractivity contribution in [3.63, 3.8) is 0 Å². The fraction of sp³-hybridized carbons (Fsp3) is 0.545. The van der Waals surface area contributed by atoms with Crippen LogP contribution in [0.1, 0.15) is 139 Å². The molecule has 0 aliphatic heterocycles. The molecule has 0 saturated carbocycles. The molecule has 0 aromatic heterocycles. The van der Waals surface area contributed by atoms with Gasteiger partial charge in [0.1, 0.15) is 5.75 Å². The van der Waals surface area contributed by atoms with Gasteiger partial charge in [0, 0.05) is 11.3 Å². The largest absolute Gasteiger partial charge is 0.490 e. The second-order valence-electron chi connectivity index (χ2n) is 13.2. The number of carbonyl (C=O) groups excluding carboxylic acids is 2. The van der Waals surface area contributed by atoms with Crippen LogP contribution >= 0.6 is 0 Å². The van der Waals surface area contributed by atoms with E-state index >= 15 is 0 Å². The van der Waals surface area contributed by atoms with Crippen LogP contribution in [0.3, 0.4) is 0 Å². The monoisotopic (exact) mass is 749 g/mol. The molecule has 3 aromatic carbocycles. The molecule has 0 radical (unpaired) electrons. The summed E-state index contributed by atoms with van der Waals surface area (Å²) in [5, 5.41) is 2.94. The molecule has 0 heterocycles. The highest BCUT2D eigenvalue weighted by Gasteiger charge is 2.22. The molecule has 0 aliphatic carbocycles. The second kappa shape index (κ2) is 25.4. The minimum Gasteiger partial charge on any atom is -0.490 e. The highest BCUT2D eigenvalue weighted by atomic mass is 16.6. The molecule has 0 spiro atoms. The van der Waals surface area contributed by atoms with Crippen molar-refractivity contribution in [1.82, 2.24) is 0 Å². The quantitative estimate of drug-likeness (QED) is 0.0440. The second-order valence-corrected chi connectivity index (χ2v) is 13.2. The molecular weight excluding hydrogens is 686 g/mol. The van der Waals surface area contributed by atoms with Crippen molar-refractivity contribution >= 4 is 17.6 Å². The van der Waals surface area contributed by atoms with E-state index in [9.17, 15) is 9.59 Å². The first-order valence-electron chi connectivity index (χ1n) is 20.1. The van der Waals surface area contributed by atoms with Crippen LogP contribution in [0.4, 0.5) is 5.69 Å². The van der Waals surface area contributed by atoms with Gasteiger partial charge in [0.25, 0.3) is 5.91 Å². The molecule has 10 nitrogen and oxygen atoms in total. The van der Waals surface area contributed by atoms with Crippen LogP contribution in [0.25, 0.3) is 0 Å². The summed E-state index contributed by atoms with van der Waals surface area (Å²) in [4.78, 5) is 27.1. The molecule has 0 atom stereocenters. The van der Waals surface area contributed by atoms with Crippen LogP contribution in [-0.4, -0.2) is 51.5 Å². The van der Waals surface area contributed by atoms with E-state index < -0.39 is 5.97 Å². The normalized spacial score (nSPS) is 10.8. The maximum atomic E-state index is 13.6. The fourth-order valence-electron chi connectivity index (χ4n) is 5.03. The van der Waals surface area contributed by atoms with E-state index in [4.69, 9.17) is 33.2 Å². The van der Waals surface area contributed by atoms with Gasteiger partial charge in [0.15, 0.2) is 23.0 Å². The summed E-state index contributed by atoms with van der Waals surface area (Å²) >= 11 is 0. The van der Waals surface area contributed by atoms with Gasteiger partial charge in [0.05, 0.1) is 45.2 Å². The van der Waals surface area contributed by atoms with Crippen molar-refractivity contribution in [2.75, 3.05) is 45.0 Å². The zero-order valence-corrected chi connectivity index (χ0v) is 33.5. The Hall–Kier alpha value is -4.60. The van der Waals surface area contributed by atoms with Gasteiger partial charge in [-0.3, -0.25) is 4.79 Å². The first kappa shape index (κ1) is 43.8. The Balaban J connectivity index is 1.82. The van der Waals surface area contributed by atoms with Gasteiger partial charge >= 0.3 is 5.97 Å². The molecule has 0 saturated heterocycles. The molecular formula is C44H63NO9. The number of hydrogen-bond donors (Lipinski definition) is 1. The van der Waals surface area contributed by atoms with Gasteiger partial charge in [-0.2, -0.15) is 0 Å². The minimum absolute atomic E-state index is 0.282. The molecule has 10 heteroatoms. The third-order valence-corrected chi connectivity index (χ3v) is 8.37. The van der Waals surface area contributed by atoms with E-state index in [-0.39, 0.29) is 11.5 Å². The predicted octanol–water partition coefficient (Wildman–Crippen LogP) is 11.2. The molecule has 0 unspecified atom stereocenters. The number of amides is 1. The molecule has 3 aromatic rings. The van der Waals surface area contributed by atoms with E-state index in [0.29, 0.717) is 91.1 Å². The number of benzene rings is 3. The van der Waals surface area contributed by atoms with E-state index in [1.165, 1.54) is 0 Å². The van der Waals surface area contributed by atoms with Crippen LogP contribution < -0.4 is 38.5 Å². The molecule has 298 valence electrons. The van der Waals surface area contributed by atoms with Crippen molar-refractivity contribution in [1.29, 1.82) is 0 Å². The lowest BCUT2D eigenvalue weighted by molar-refractivity contribution is 0.0733. The Morgan fingerprint density at radius 3 is 1.15 bits per heavy atom.